The molecule has 0 unspecified atom stereocenters. The third kappa shape index (κ3) is 4.26. The molecule has 3 heterocycles. The first-order valence-corrected chi connectivity index (χ1v) is 9.21. The Kier molecular flexibility index (Phi) is 5.24. The van der Waals surface area contributed by atoms with E-state index in [-0.39, 0.29) is 11.6 Å². The Morgan fingerprint density at radius 1 is 1.03 bits per heavy atom. The molecule has 1 aromatic carbocycles. The van der Waals surface area contributed by atoms with Crippen LogP contribution in [0, 0.1) is 5.82 Å². The minimum absolute atomic E-state index is 0.114. The predicted octanol–water partition coefficient (Wildman–Crippen LogP) is 3.03. The highest BCUT2D eigenvalue weighted by atomic mass is 19.1. The molecular weight excluding hydrogens is 375 g/mol. The van der Waals surface area contributed by atoms with E-state index in [0.717, 1.165) is 5.69 Å². The molecule has 1 N–H and O–H groups in total. The van der Waals surface area contributed by atoms with Crippen molar-refractivity contribution in [2.45, 2.75) is 0 Å². The van der Waals surface area contributed by atoms with Crippen molar-refractivity contribution in [1.82, 2.24) is 9.88 Å². The van der Waals surface area contributed by atoms with Crippen molar-refractivity contribution >= 4 is 23.2 Å². The van der Waals surface area contributed by atoms with Crippen LogP contribution in [0.25, 0.3) is 0 Å². The molecule has 3 aromatic rings. The van der Waals surface area contributed by atoms with Gasteiger partial charge in [-0.15, -0.1) is 0 Å². The molecule has 29 heavy (non-hydrogen) atoms. The van der Waals surface area contributed by atoms with Gasteiger partial charge in [-0.1, -0.05) is 6.07 Å². The van der Waals surface area contributed by atoms with Gasteiger partial charge in [-0.3, -0.25) is 9.59 Å². The highest BCUT2D eigenvalue weighted by molar-refractivity contribution is 6.02. The van der Waals surface area contributed by atoms with Crippen LogP contribution >= 0.6 is 0 Å². The molecule has 1 aliphatic heterocycles. The van der Waals surface area contributed by atoms with Crippen molar-refractivity contribution in [2.75, 3.05) is 36.4 Å². The lowest BCUT2D eigenvalue weighted by molar-refractivity contribution is 0.0714. The van der Waals surface area contributed by atoms with Crippen molar-refractivity contribution in [1.29, 1.82) is 0 Å². The van der Waals surface area contributed by atoms with Gasteiger partial charge < -0.3 is 19.5 Å². The van der Waals surface area contributed by atoms with E-state index >= 15 is 0 Å². The molecule has 1 aliphatic rings. The number of halogens is 1. The molecule has 0 bridgehead atoms. The molecule has 0 spiro atoms. The Morgan fingerprint density at radius 2 is 1.86 bits per heavy atom. The standard InChI is InChI=1S/C21H19FN4O3/c22-15-3-1-4-16(13-15)24-20(27)18-7-6-17(14-23-18)25-8-10-26(11-9-25)21(28)19-5-2-12-29-19/h1-7,12-14H,8-11H2,(H,24,27). The molecule has 0 saturated carbocycles. The molecule has 148 valence electrons. The minimum Gasteiger partial charge on any atom is -0.459 e. The number of anilines is 2. The number of carbonyl (C=O) groups excluding carboxylic acids is 2. The van der Waals surface area contributed by atoms with Gasteiger partial charge in [0.2, 0.25) is 0 Å². The molecule has 1 fully saturated rings. The number of furan rings is 1. The van der Waals surface area contributed by atoms with Gasteiger partial charge in [0.1, 0.15) is 11.5 Å². The van der Waals surface area contributed by atoms with E-state index in [0.29, 0.717) is 37.6 Å². The van der Waals surface area contributed by atoms with Crippen molar-refractivity contribution in [3.8, 4) is 0 Å². The summed E-state index contributed by atoms with van der Waals surface area (Å²) in [7, 11) is 0. The summed E-state index contributed by atoms with van der Waals surface area (Å²) < 4.78 is 18.4. The third-order valence-electron chi connectivity index (χ3n) is 4.73. The zero-order valence-electron chi connectivity index (χ0n) is 15.5. The molecule has 0 radical (unpaired) electrons. The first-order chi connectivity index (χ1) is 14.1. The van der Waals surface area contributed by atoms with Gasteiger partial charge in [0, 0.05) is 31.9 Å². The second-order valence-electron chi connectivity index (χ2n) is 6.62. The van der Waals surface area contributed by atoms with Crippen LogP contribution < -0.4 is 10.2 Å². The van der Waals surface area contributed by atoms with Gasteiger partial charge >= 0.3 is 0 Å². The summed E-state index contributed by atoms with van der Waals surface area (Å²) in [6.45, 7) is 2.45. The topological polar surface area (TPSA) is 78.7 Å². The molecule has 0 aliphatic carbocycles. The van der Waals surface area contributed by atoms with Crippen LogP contribution in [0.3, 0.4) is 0 Å². The van der Waals surface area contributed by atoms with Crippen molar-refractivity contribution in [2.24, 2.45) is 0 Å². The number of pyridine rings is 1. The van der Waals surface area contributed by atoms with E-state index in [1.165, 1.54) is 24.5 Å². The van der Waals surface area contributed by atoms with Gasteiger partial charge in [-0.2, -0.15) is 0 Å². The fourth-order valence-electron chi connectivity index (χ4n) is 3.19. The number of aromatic nitrogens is 1. The van der Waals surface area contributed by atoms with E-state index in [2.05, 4.69) is 15.2 Å². The molecule has 1 saturated heterocycles. The fourth-order valence-corrected chi connectivity index (χ4v) is 3.19. The van der Waals surface area contributed by atoms with Crippen LogP contribution in [-0.2, 0) is 0 Å². The van der Waals surface area contributed by atoms with Crippen LogP contribution in [0.15, 0.2) is 65.4 Å². The molecule has 4 rings (SSSR count). The smallest absolute Gasteiger partial charge is 0.289 e. The third-order valence-corrected chi connectivity index (χ3v) is 4.73. The van der Waals surface area contributed by atoms with Gasteiger partial charge in [0.25, 0.3) is 11.8 Å². The Hall–Kier alpha value is -3.68. The lowest BCUT2D eigenvalue weighted by atomic mass is 10.2. The number of carbonyl (C=O) groups is 2. The van der Waals surface area contributed by atoms with Crippen LogP contribution in [0.4, 0.5) is 15.8 Å². The van der Waals surface area contributed by atoms with Crippen LogP contribution in [0.1, 0.15) is 21.0 Å². The molecule has 2 aromatic heterocycles. The fraction of sp³-hybridized carbons (Fsp3) is 0.190. The number of nitrogens with one attached hydrogen (secondary N) is 1. The van der Waals surface area contributed by atoms with E-state index in [1.807, 2.05) is 6.07 Å². The molecule has 2 amide bonds. The minimum atomic E-state index is -0.421. The molecule has 7 nitrogen and oxygen atoms in total. The highest BCUT2D eigenvalue weighted by Gasteiger charge is 2.24. The number of nitrogens with zero attached hydrogens (tertiary/aromatic N) is 3. The maximum atomic E-state index is 13.2. The van der Waals surface area contributed by atoms with Crippen LogP contribution in [0.5, 0.6) is 0 Å². The van der Waals surface area contributed by atoms with Crippen LogP contribution in [-0.4, -0.2) is 47.9 Å². The van der Waals surface area contributed by atoms with Gasteiger partial charge in [0.05, 0.1) is 18.1 Å². The predicted molar refractivity (Wildman–Crippen MR) is 105 cm³/mol. The number of hydrogen-bond donors (Lipinski definition) is 1. The van der Waals surface area contributed by atoms with Gasteiger partial charge in [-0.25, -0.2) is 9.37 Å². The Balaban J connectivity index is 1.35. The summed E-state index contributed by atoms with van der Waals surface area (Å²) in [5.41, 5.74) is 1.49. The second-order valence-corrected chi connectivity index (χ2v) is 6.62. The maximum Gasteiger partial charge on any atom is 0.289 e. The molecular formula is C21H19FN4O3. The van der Waals surface area contributed by atoms with E-state index in [9.17, 15) is 14.0 Å². The summed E-state index contributed by atoms with van der Waals surface area (Å²) in [4.78, 5) is 32.7. The van der Waals surface area contributed by atoms with E-state index in [4.69, 9.17) is 4.42 Å². The Labute approximate surface area is 166 Å². The summed E-state index contributed by atoms with van der Waals surface area (Å²) in [6.07, 6.45) is 3.12. The SMILES string of the molecule is O=C(Nc1cccc(F)c1)c1ccc(N2CCN(C(=O)c3ccco3)CC2)cn1. The lowest BCUT2D eigenvalue weighted by Crippen LogP contribution is -2.48. The summed E-state index contributed by atoms with van der Waals surface area (Å²) >= 11 is 0. The number of amides is 2. The van der Waals surface area contributed by atoms with Gasteiger partial charge in [0.15, 0.2) is 5.76 Å². The normalized spacial score (nSPS) is 14.0. The summed E-state index contributed by atoms with van der Waals surface area (Å²) in [6, 6.07) is 12.5. The first kappa shape index (κ1) is 18.7. The highest BCUT2D eigenvalue weighted by Crippen LogP contribution is 2.18. The second kappa shape index (κ2) is 8.14. The zero-order valence-corrected chi connectivity index (χ0v) is 15.5. The maximum absolute atomic E-state index is 13.2. The Morgan fingerprint density at radius 3 is 2.52 bits per heavy atom. The average molecular weight is 394 g/mol. The number of hydrogen-bond acceptors (Lipinski definition) is 5. The van der Waals surface area contributed by atoms with Crippen molar-refractivity contribution in [3.05, 3.63) is 78.3 Å². The monoisotopic (exact) mass is 394 g/mol. The zero-order chi connectivity index (χ0) is 20.2. The number of rotatable bonds is 4. The first-order valence-electron chi connectivity index (χ1n) is 9.21. The van der Waals surface area contributed by atoms with Gasteiger partial charge in [-0.05, 0) is 42.5 Å². The number of piperazine rings is 1. The largest absolute Gasteiger partial charge is 0.459 e. The average Bonchev–Trinajstić information content (AvgIpc) is 3.28. The number of benzene rings is 1. The van der Waals surface area contributed by atoms with Crippen molar-refractivity contribution in [3.63, 3.8) is 0 Å². The molecule has 0 atom stereocenters. The lowest BCUT2D eigenvalue weighted by Gasteiger charge is -2.35. The van der Waals surface area contributed by atoms with E-state index in [1.54, 1.807) is 35.4 Å². The van der Waals surface area contributed by atoms with E-state index < -0.39 is 11.7 Å². The molecule has 8 heteroatoms. The Bertz CT molecular complexity index is 997. The quantitative estimate of drug-likeness (QED) is 0.736. The van der Waals surface area contributed by atoms with Crippen molar-refractivity contribution < 1.29 is 18.4 Å². The summed E-state index contributed by atoms with van der Waals surface area (Å²) in [5, 5.41) is 2.62. The summed E-state index contributed by atoms with van der Waals surface area (Å²) in [5.74, 6) is -0.599. The van der Waals surface area contributed by atoms with Crippen LogP contribution in [0.2, 0.25) is 0 Å².